The number of hydrogen-bond acceptors (Lipinski definition) is 3. The molecule has 2 atom stereocenters. The van der Waals surface area contributed by atoms with Crippen LogP contribution in [0.3, 0.4) is 0 Å². The van der Waals surface area contributed by atoms with Crippen LogP contribution in [0.1, 0.15) is 37.9 Å². The standard InChI is InChI=1S/C14H18BrClO3/c1-3-4-5-10(14(18)19-2)13(17)11-8-9(16)6-7-12(11)15/h6-8,10,13,17H,3-5H2,1-2H3. The number of esters is 1. The average molecular weight is 350 g/mol. The number of carbonyl (C=O) groups is 1. The van der Waals surface area contributed by atoms with Gasteiger partial charge >= 0.3 is 5.97 Å². The number of ether oxygens (including phenoxy) is 1. The van der Waals surface area contributed by atoms with E-state index in [2.05, 4.69) is 15.9 Å². The fourth-order valence-electron chi connectivity index (χ4n) is 1.94. The summed E-state index contributed by atoms with van der Waals surface area (Å²) in [5, 5.41) is 10.9. The molecular weight excluding hydrogens is 332 g/mol. The Bertz CT molecular complexity index is 437. The molecule has 0 spiro atoms. The van der Waals surface area contributed by atoms with Gasteiger partial charge in [0.2, 0.25) is 0 Å². The van der Waals surface area contributed by atoms with Crippen LogP contribution in [0, 0.1) is 5.92 Å². The van der Waals surface area contributed by atoms with E-state index in [1.165, 1.54) is 7.11 Å². The first-order chi connectivity index (χ1) is 9.01. The number of halogens is 2. The number of aliphatic hydroxyl groups excluding tert-OH is 1. The molecule has 3 nitrogen and oxygen atoms in total. The van der Waals surface area contributed by atoms with Gasteiger partial charge in [0.15, 0.2) is 0 Å². The zero-order valence-corrected chi connectivity index (χ0v) is 13.4. The highest BCUT2D eigenvalue weighted by Gasteiger charge is 2.29. The van der Waals surface area contributed by atoms with Gasteiger partial charge in [-0.3, -0.25) is 4.79 Å². The van der Waals surface area contributed by atoms with Crippen LogP contribution in [0.25, 0.3) is 0 Å². The summed E-state index contributed by atoms with van der Waals surface area (Å²) in [4.78, 5) is 11.8. The van der Waals surface area contributed by atoms with Crippen molar-refractivity contribution in [3.05, 3.63) is 33.3 Å². The summed E-state index contributed by atoms with van der Waals surface area (Å²) in [7, 11) is 1.33. The lowest BCUT2D eigenvalue weighted by Crippen LogP contribution is -2.24. The molecule has 19 heavy (non-hydrogen) atoms. The highest BCUT2D eigenvalue weighted by molar-refractivity contribution is 9.10. The summed E-state index contributed by atoms with van der Waals surface area (Å²) < 4.78 is 5.51. The number of unbranched alkanes of at least 4 members (excludes halogenated alkanes) is 1. The third-order valence-electron chi connectivity index (χ3n) is 3.03. The fraction of sp³-hybridized carbons (Fsp3) is 0.500. The molecule has 0 saturated carbocycles. The van der Waals surface area contributed by atoms with Gasteiger partial charge in [-0.2, -0.15) is 0 Å². The molecule has 1 N–H and O–H groups in total. The molecule has 1 aromatic carbocycles. The van der Waals surface area contributed by atoms with Crippen LogP contribution in [-0.4, -0.2) is 18.2 Å². The van der Waals surface area contributed by atoms with Gasteiger partial charge in [-0.05, 0) is 30.2 Å². The zero-order chi connectivity index (χ0) is 14.4. The molecule has 106 valence electrons. The van der Waals surface area contributed by atoms with Crippen LogP contribution >= 0.6 is 27.5 Å². The van der Waals surface area contributed by atoms with Crippen molar-refractivity contribution in [3.63, 3.8) is 0 Å². The molecule has 0 amide bonds. The van der Waals surface area contributed by atoms with E-state index in [1.54, 1.807) is 18.2 Å². The van der Waals surface area contributed by atoms with Gasteiger partial charge in [-0.15, -0.1) is 0 Å². The van der Waals surface area contributed by atoms with Crippen molar-refractivity contribution in [2.24, 2.45) is 5.92 Å². The maximum Gasteiger partial charge on any atom is 0.311 e. The van der Waals surface area contributed by atoms with Crippen LogP contribution in [-0.2, 0) is 9.53 Å². The third kappa shape index (κ3) is 4.48. The Morgan fingerprint density at radius 3 is 2.79 bits per heavy atom. The van der Waals surface area contributed by atoms with E-state index >= 15 is 0 Å². The highest BCUT2D eigenvalue weighted by atomic mass is 79.9. The minimum atomic E-state index is -0.924. The van der Waals surface area contributed by atoms with E-state index in [9.17, 15) is 9.90 Å². The Morgan fingerprint density at radius 1 is 1.53 bits per heavy atom. The fourth-order valence-corrected chi connectivity index (χ4v) is 2.60. The van der Waals surface area contributed by atoms with Gasteiger partial charge in [0.05, 0.1) is 19.1 Å². The van der Waals surface area contributed by atoms with Crippen molar-refractivity contribution in [1.29, 1.82) is 0 Å². The number of methoxy groups -OCH3 is 1. The summed E-state index contributed by atoms with van der Waals surface area (Å²) in [5.41, 5.74) is 0.610. The number of carbonyl (C=O) groups excluding carboxylic acids is 1. The maximum atomic E-state index is 11.8. The minimum absolute atomic E-state index is 0.396. The Hall–Kier alpha value is -0.580. The number of aliphatic hydroxyl groups is 1. The molecule has 0 fully saturated rings. The summed E-state index contributed by atoms with van der Waals surface area (Å²) >= 11 is 9.30. The second kappa shape index (κ2) is 7.88. The second-order valence-electron chi connectivity index (χ2n) is 4.38. The number of rotatable bonds is 6. The molecule has 0 aliphatic carbocycles. The quantitative estimate of drug-likeness (QED) is 0.786. The predicted octanol–water partition coefficient (Wildman–Crippen LogP) is 4.12. The molecule has 0 radical (unpaired) electrons. The van der Waals surface area contributed by atoms with Crippen molar-refractivity contribution in [1.82, 2.24) is 0 Å². The van der Waals surface area contributed by atoms with E-state index in [0.29, 0.717) is 17.0 Å². The maximum absolute atomic E-state index is 11.8. The topological polar surface area (TPSA) is 46.5 Å². The Labute approximate surface area is 127 Å². The van der Waals surface area contributed by atoms with Crippen LogP contribution in [0.5, 0.6) is 0 Å². The molecule has 0 heterocycles. The molecule has 0 aliphatic rings. The van der Waals surface area contributed by atoms with Crippen LogP contribution in [0.4, 0.5) is 0 Å². The van der Waals surface area contributed by atoms with Crippen molar-refractivity contribution in [2.75, 3.05) is 7.11 Å². The van der Waals surface area contributed by atoms with Gasteiger partial charge in [0.25, 0.3) is 0 Å². The average Bonchev–Trinajstić information content (AvgIpc) is 2.41. The van der Waals surface area contributed by atoms with E-state index in [1.807, 2.05) is 6.92 Å². The second-order valence-corrected chi connectivity index (χ2v) is 5.67. The smallest absolute Gasteiger partial charge is 0.311 e. The summed E-state index contributed by atoms with van der Waals surface area (Å²) in [5.74, 6) is -0.965. The molecule has 0 saturated heterocycles. The lowest BCUT2D eigenvalue weighted by Gasteiger charge is -2.22. The molecule has 1 aromatic rings. The SMILES string of the molecule is CCCCC(C(=O)OC)C(O)c1cc(Cl)ccc1Br. The lowest BCUT2D eigenvalue weighted by molar-refractivity contribution is -0.150. The van der Waals surface area contributed by atoms with Crippen LogP contribution in [0.2, 0.25) is 5.02 Å². The summed E-state index contributed by atoms with van der Waals surface area (Å²) in [6.45, 7) is 2.04. The van der Waals surface area contributed by atoms with Crippen molar-refractivity contribution >= 4 is 33.5 Å². The Kier molecular flexibility index (Phi) is 6.83. The van der Waals surface area contributed by atoms with Crippen molar-refractivity contribution in [2.45, 2.75) is 32.3 Å². The van der Waals surface area contributed by atoms with E-state index in [-0.39, 0.29) is 0 Å². The normalized spacial score (nSPS) is 13.9. The Morgan fingerprint density at radius 2 is 2.21 bits per heavy atom. The molecule has 0 aromatic heterocycles. The summed E-state index contributed by atoms with van der Waals surface area (Å²) in [6, 6.07) is 5.15. The Balaban J connectivity index is 3.00. The van der Waals surface area contributed by atoms with E-state index in [0.717, 1.165) is 17.3 Å². The first-order valence-electron chi connectivity index (χ1n) is 6.22. The monoisotopic (exact) mass is 348 g/mol. The molecule has 2 unspecified atom stereocenters. The molecule has 0 bridgehead atoms. The van der Waals surface area contributed by atoms with Gasteiger partial charge in [0.1, 0.15) is 0 Å². The third-order valence-corrected chi connectivity index (χ3v) is 3.99. The lowest BCUT2D eigenvalue weighted by atomic mass is 9.91. The largest absolute Gasteiger partial charge is 0.469 e. The van der Waals surface area contributed by atoms with Gasteiger partial charge in [-0.25, -0.2) is 0 Å². The first kappa shape index (κ1) is 16.5. The first-order valence-corrected chi connectivity index (χ1v) is 7.39. The highest BCUT2D eigenvalue weighted by Crippen LogP contribution is 2.33. The van der Waals surface area contributed by atoms with E-state index < -0.39 is 18.0 Å². The summed E-state index contributed by atoms with van der Waals surface area (Å²) in [6.07, 6.45) is 1.47. The van der Waals surface area contributed by atoms with Gasteiger partial charge < -0.3 is 9.84 Å². The molecular formula is C14H18BrClO3. The number of hydrogen-bond donors (Lipinski definition) is 1. The van der Waals surface area contributed by atoms with Crippen molar-refractivity contribution in [3.8, 4) is 0 Å². The number of benzene rings is 1. The molecule has 5 heteroatoms. The van der Waals surface area contributed by atoms with Gasteiger partial charge in [-0.1, -0.05) is 47.3 Å². The minimum Gasteiger partial charge on any atom is -0.469 e. The predicted molar refractivity (Wildman–Crippen MR) is 79.1 cm³/mol. The van der Waals surface area contributed by atoms with Crippen LogP contribution < -0.4 is 0 Å². The van der Waals surface area contributed by atoms with E-state index in [4.69, 9.17) is 16.3 Å². The molecule has 1 rings (SSSR count). The van der Waals surface area contributed by atoms with Crippen molar-refractivity contribution < 1.29 is 14.6 Å². The molecule has 0 aliphatic heterocycles. The van der Waals surface area contributed by atoms with Crippen LogP contribution in [0.15, 0.2) is 22.7 Å². The van der Waals surface area contributed by atoms with Gasteiger partial charge in [0, 0.05) is 9.50 Å². The zero-order valence-electron chi connectivity index (χ0n) is 11.0.